The fraction of sp³-hybridized carbons (Fsp3) is 0.0556. The Morgan fingerprint density at radius 1 is 1.00 bits per heavy atom. The first kappa shape index (κ1) is 13.8. The maximum absolute atomic E-state index is 4.40. The lowest BCUT2D eigenvalue weighted by Crippen LogP contribution is -2.02. The van der Waals surface area contributed by atoms with Gasteiger partial charge in [-0.25, -0.2) is 9.97 Å². The Bertz CT molecular complexity index is 920. The molecule has 0 saturated heterocycles. The van der Waals surface area contributed by atoms with Gasteiger partial charge in [-0.05, 0) is 23.3 Å². The van der Waals surface area contributed by atoms with Crippen LogP contribution in [-0.2, 0) is 6.54 Å². The molecule has 4 aromatic rings. The van der Waals surface area contributed by atoms with E-state index in [0.29, 0.717) is 6.54 Å². The van der Waals surface area contributed by atoms with Gasteiger partial charge in [-0.3, -0.25) is 4.98 Å². The SMILES string of the molecule is c1ccc(-c2cc3c(NCc4cccnc4)ncnc3s2)cc1. The molecule has 4 rings (SSSR count). The predicted octanol–water partition coefficient (Wildman–Crippen LogP) is 4.37. The predicted molar refractivity (Wildman–Crippen MR) is 94.4 cm³/mol. The monoisotopic (exact) mass is 318 g/mol. The van der Waals surface area contributed by atoms with Crippen LogP contribution in [0.1, 0.15) is 5.56 Å². The van der Waals surface area contributed by atoms with E-state index < -0.39 is 0 Å². The minimum Gasteiger partial charge on any atom is -0.365 e. The summed E-state index contributed by atoms with van der Waals surface area (Å²) in [4.78, 5) is 15.1. The molecule has 1 aromatic carbocycles. The number of hydrogen-bond acceptors (Lipinski definition) is 5. The van der Waals surface area contributed by atoms with E-state index in [1.165, 1.54) is 10.4 Å². The summed E-state index contributed by atoms with van der Waals surface area (Å²) in [5, 5.41) is 4.44. The number of rotatable bonds is 4. The number of hydrogen-bond donors (Lipinski definition) is 1. The third-order valence-electron chi connectivity index (χ3n) is 3.57. The summed E-state index contributed by atoms with van der Waals surface area (Å²) >= 11 is 1.68. The second kappa shape index (κ2) is 6.14. The van der Waals surface area contributed by atoms with Crippen LogP contribution in [0.4, 0.5) is 5.82 Å². The van der Waals surface area contributed by atoms with E-state index in [1.54, 1.807) is 23.9 Å². The van der Waals surface area contributed by atoms with Crippen molar-refractivity contribution in [2.75, 3.05) is 5.32 Å². The Labute approximate surface area is 137 Å². The van der Waals surface area contributed by atoms with Gasteiger partial charge in [-0.15, -0.1) is 11.3 Å². The molecule has 0 amide bonds. The van der Waals surface area contributed by atoms with Gasteiger partial charge in [-0.2, -0.15) is 0 Å². The number of benzene rings is 1. The number of nitrogens with zero attached hydrogens (tertiary/aromatic N) is 3. The third kappa shape index (κ3) is 2.91. The maximum atomic E-state index is 4.40. The van der Waals surface area contributed by atoms with Crippen molar-refractivity contribution in [3.05, 3.63) is 72.8 Å². The Morgan fingerprint density at radius 2 is 1.91 bits per heavy atom. The van der Waals surface area contributed by atoms with Gasteiger partial charge in [0.1, 0.15) is 17.0 Å². The zero-order chi connectivity index (χ0) is 15.5. The first-order valence-electron chi connectivity index (χ1n) is 7.33. The van der Waals surface area contributed by atoms with Crippen molar-refractivity contribution in [3.63, 3.8) is 0 Å². The molecule has 3 aromatic heterocycles. The van der Waals surface area contributed by atoms with Crippen LogP contribution in [0.15, 0.2) is 67.3 Å². The van der Waals surface area contributed by atoms with Gasteiger partial charge in [0.2, 0.25) is 0 Å². The summed E-state index contributed by atoms with van der Waals surface area (Å²) in [6.45, 7) is 0.691. The molecule has 3 heterocycles. The lowest BCUT2D eigenvalue weighted by molar-refractivity contribution is 1.08. The molecule has 1 N–H and O–H groups in total. The molecule has 0 atom stereocenters. The highest BCUT2D eigenvalue weighted by Gasteiger charge is 2.09. The number of fused-ring (bicyclic) bond motifs is 1. The van der Waals surface area contributed by atoms with Gasteiger partial charge in [0.05, 0.1) is 5.39 Å². The second-order valence-electron chi connectivity index (χ2n) is 5.13. The van der Waals surface area contributed by atoms with Crippen LogP contribution >= 0.6 is 11.3 Å². The van der Waals surface area contributed by atoms with Crippen molar-refractivity contribution >= 4 is 27.4 Å². The van der Waals surface area contributed by atoms with Crippen LogP contribution < -0.4 is 5.32 Å². The van der Waals surface area contributed by atoms with Gasteiger partial charge in [0.15, 0.2) is 0 Å². The molecule has 0 fully saturated rings. The first-order valence-corrected chi connectivity index (χ1v) is 8.14. The quantitative estimate of drug-likeness (QED) is 0.607. The first-order chi connectivity index (χ1) is 11.4. The zero-order valence-electron chi connectivity index (χ0n) is 12.3. The van der Waals surface area contributed by atoms with Crippen LogP contribution in [0.3, 0.4) is 0 Å². The molecule has 0 radical (unpaired) electrons. The third-order valence-corrected chi connectivity index (χ3v) is 4.66. The fourth-order valence-corrected chi connectivity index (χ4v) is 3.43. The zero-order valence-corrected chi connectivity index (χ0v) is 13.1. The van der Waals surface area contributed by atoms with Crippen molar-refractivity contribution in [1.82, 2.24) is 15.0 Å². The highest BCUT2D eigenvalue weighted by molar-refractivity contribution is 7.21. The smallest absolute Gasteiger partial charge is 0.138 e. The molecule has 0 aliphatic rings. The number of pyridine rings is 1. The van der Waals surface area contributed by atoms with Crippen molar-refractivity contribution in [2.24, 2.45) is 0 Å². The van der Waals surface area contributed by atoms with Crippen molar-refractivity contribution in [3.8, 4) is 10.4 Å². The Morgan fingerprint density at radius 3 is 2.74 bits per heavy atom. The highest BCUT2D eigenvalue weighted by Crippen LogP contribution is 2.34. The van der Waals surface area contributed by atoms with Gasteiger partial charge >= 0.3 is 0 Å². The van der Waals surface area contributed by atoms with Crippen LogP contribution in [0.25, 0.3) is 20.7 Å². The molecule has 5 heteroatoms. The number of anilines is 1. The van der Waals surface area contributed by atoms with Crippen molar-refractivity contribution < 1.29 is 0 Å². The molecule has 0 bridgehead atoms. The Balaban J connectivity index is 1.66. The van der Waals surface area contributed by atoms with Crippen LogP contribution in [0.5, 0.6) is 0 Å². The van der Waals surface area contributed by atoms with Gasteiger partial charge in [-0.1, -0.05) is 36.4 Å². The lowest BCUT2D eigenvalue weighted by Gasteiger charge is -2.05. The fourth-order valence-electron chi connectivity index (χ4n) is 2.43. The van der Waals surface area contributed by atoms with E-state index in [2.05, 4.69) is 38.5 Å². The molecular formula is C18H14N4S. The molecule has 0 unspecified atom stereocenters. The molecular weight excluding hydrogens is 304 g/mol. The van der Waals surface area contributed by atoms with Crippen LogP contribution in [0.2, 0.25) is 0 Å². The highest BCUT2D eigenvalue weighted by atomic mass is 32.1. The summed E-state index contributed by atoms with van der Waals surface area (Å²) in [5.41, 5.74) is 2.33. The molecule has 0 aliphatic heterocycles. The van der Waals surface area contributed by atoms with Crippen molar-refractivity contribution in [1.29, 1.82) is 0 Å². The minimum absolute atomic E-state index is 0.691. The standard InChI is InChI=1S/C18H14N4S/c1-2-6-14(7-3-1)16-9-15-17(21-12-22-18(15)23-16)20-11-13-5-4-8-19-10-13/h1-10,12H,11H2,(H,20,21,22). The molecule has 0 aliphatic carbocycles. The topological polar surface area (TPSA) is 50.7 Å². The van der Waals surface area contributed by atoms with Gasteiger partial charge in [0, 0.05) is 23.8 Å². The maximum Gasteiger partial charge on any atom is 0.138 e. The van der Waals surface area contributed by atoms with Gasteiger partial charge in [0.25, 0.3) is 0 Å². The van der Waals surface area contributed by atoms with E-state index in [4.69, 9.17) is 0 Å². The molecule has 0 spiro atoms. The van der Waals surface area contributed by atoms with E-state index in [-0.39, 0.29) is 0 Å². The van der Waals surface area contributed by atoms with Gasteiger partial charge < -0.3 is 5.32 Å². The summed E-state index contributed by atoms with van der Waals surface area (Å²) in [5.74, 6) is 0.859. The van der Waals surface area contributed by atoms with E-state index in [1.807, 2.05) is 36.5 Å². The minimum atomic E-state index is 0.691. The second-order valence-corrected chi connectivity index (χ2v) is 6.16. The van der Waals surface area contributed by atoms with Crippen molar-refractivity contribution in [2.45, 2.75) is 6.54 Å². The summed E-state index contributed by atoms with van der Waals surface area (Å²) in [7, 11) is 0. The van der Waals surface area contributed by atoms with E-state index >= 15 is 0 Å². The Hall–Kier alpha value is -2.79. The molecule has 4 nitrogen and oxygen atoms in total. The summed E-state index contributed by atoms with van der Waals surface area (Å²) < 4.78 is 0. The number of aromatic nitrogens is 3. The molecule has 0 saturated carbocycles. The van der Waals surface area contributed by atoms with Crippen LogP contribution in [-0.4, -0.2) is 15.0 Å². The van der Waals surface area contributed by atoms with E-state index in [0.717, 1.165) is 21.6 Å². The summed E-state index contributed by atoms with van der Waals surface area (Å²) in [6.07, 6.45) is 5.24. The average molecular weight is 318 g/mol. The normalized spacial score (nSPS) is 10.8. The number of thiophene rings is 1. The molecule has 23 heavy (non-hydrogen) atoms. The number of nitrogens with one attached hydrogen (secondary N) is 1. The lowest BCUT2D eigenvalue weighted by atomic mass is 10.2. The van der Waals surface area contributed by atoms with Crippen LogP contribution in [0, 0.1) is 0 Å². The average Bonchev–Trinajstić information content (AvgIpc) is 3.06. The van der Waals surface area contributed by atoms with E-state index in [9.17, 15) is 0 Å². The summed E-state index contributed by atoms with van der Waals surface area (Å²) in [6, 6.07) is 16.5. The largest absolute Gasteiger partial charge is 0.365 e. The molecule has 112 valence electrons. The Kier molecular flexibility index (Phi) is 3.70.